The molecule has 1 aromatic rings. The lowest BCUT2D eigenvalue weighted by Gasteiger charge is -2.37. The van der Waals surface area contributed by atoms with Gasteiger partial charge >= 0.3 is 6.03 Å². The van der Waals surface area contributed by atoms with Gasteiger partial charge in [0.1, 0.15) is 0 Å². The number of likely N-dealkylation sites (tertiary alicyclic amines) is 2. The Kier molecular flexibility index (Phi) is 7.05. The summed E-state index contributed by atoms with van der Waals surface area (Å²) in [6, 6.07) is 6.44. The van der Waals surface area contributed by atoms with E-state index in [4.69, 9.17) is 9.47 Å². The number of urea groups is 1. The van der Waals surface area contributed by atoms with E-state index in [9.17, 15) is 4.79 Å². The van der Waals surface area contributed by atoms with Gasteiger partial charge in [0, 0.05) is 19.1 Å². The van der Waals surface area contributed by atoms with Crippen LogP contribution in [-0.4, -0.2) is 61.3 Å². The summed E-state index contributed by atoms with van der Waals surface area (Å²) in [4.78, 5) is 17.3. The highest BCUT2D eigenvalue weighted by Crippen LogP contribution is 2.31. The van der Waals surface area contributed by atoms with Gasteiger partial charge in [-0.2, -0.15) is 0 Å². The number of nitrogens with one attached hydrogen (secondary N) is 1. The molecule has 6 nitrogen and oxygen atoms in total. The Bertz CT molecular complexity index is 650. The quantitative estimate of drug-likeness (QED) is 0.804. The molecule has 156 valence electrons. The minimum Gasteiger partial charge on any atom is -0.493 e. The zero-order valence-electron chi connectivity index (χ0n) is 17.7. The topological polar surface area (TPSA) is 54.0 Å². The third kappa shape index (κ3) is 5.10. The van der Waals surface area contributed by atoms with Crippen molar-refractivity contribution in [2.75, 3.05) is 33.3 Å². The first-order chi connectivity index (χ1) is 13.5. The second-order valence-corrected chi connectivity index (χ2v) is 8.21. The summed E-state index contributed by atoms with van der Waals surface area (Å²) in [5.41, 5.74) is 1.01. The third-order valence-corrected chi connectivity index (χ3v) is 5.80. The van der Waals surface area contributed by atoms with Crippen LogP contribution in [0, 0.1) is 0 Å². The largest absolute Gasteiger partial charge is 0.493 e. The van der Waals surface area contributed by atoms with E-state index in [0.29, 0.717) is 11.8 Å². The van der Waals surface area contributed by atoms with Gasteiger partial charge in [-0.05, 0) is 77.2 Å². The minimum atomic E-state index is -0.0918. The van der Waals surface area contributed by atoms with Gasteiger partial charge in [0.15, 0.2) is 11.5 Å². The number of amides is 2. The Balaban J connectivity index is 1.54. The Labute approximate surface area is 169 Å². The van der Waals surface area contributed by atoms with Gasteiger partial charge in [0.05, 0.1) is 19.3 Å². The zero-order valence-corrected chi connectivity index (χ0v) is 17.7. The number of methoxy groups -OCH3 is 1. The number of rotatable bonds is 6. The van der Waals surface area contributed by atoms with Gasteiger partial charge in [-0.3, -0.25) is 0 Å². The summed E-state index contributed by atoms with van der Waals surface area (Å²) in [5, 5.41) is 3.14. The van der Waals surface area contributed by atoms with E-state index in [1.54, 1.807) is 7.11 Å². The number of ether oxygens (including phenoxy) is 2. The van der Waals surface area contributed by atoms with Crippen LogP contribution >= 0.6 is 0 Å². The van der Waals surface area contributed by atoms with Crippen molar-refractivity contribution in [1.29, 1.82) is 0 Å². The van der Waals surface area contributed by atoms with E-state index >= 15 is 0 Å². The van der Waals surface area contributed by atoms with Crippen molar-refractivity contribution in [2.45, 2.75) is 64.6 Å². The standard InChI is InChI=1S/C22H35N3O3/c1-16(2)28-20-8-7-18(15-21(20)27-4)17(3)23-22(26)25-13-9-19(10-14-25)24-11-5-6-12-24/h7-8,15-17,19H,5-6,9-14H2,1-4H3,(H,23,26). The fourth-order valence-corrected chi connectivity index (χ4v) is 4.21. The van der Waals surface area contributed by atoms with E-state index in [1.807, 2.05) is 43.9 Å². The van der Waals surface area contributed by atoms with Gasteiger partial charge in [-0.25, -0.2) is 4.79 Å². The lowest BCUT2D eigenvalue weighted by Crippen LogP contribution is -2.49. The van der Waals surface area contributed by atoms with Crippen LogP contribution in [0.4, 0.5) is 4.79 Å². The number of hydrogen-bond donors (Lipinski definition) is 1. The highest BCUT2D eigenvalue weighted by molar-refractivity contribution is 5.74. The first-order valence-corrected chi connectivity index (χ1v) is 10.6. The van der Waals surface area contributed by atoms with Crippen LogP contribution in [0.25, 0.3) is 0 Å². The van der Waals surface area contributed by atoms with Crippen LogP contribution in [0.15, 0.2) is 18.2 Å². The van der Waals surface area contributed by atoms with Crippen LogP contribution < -0.4 is 14.8 Å². The molecule has 2 saturated heterocycles. The average Bonchev–Trinajstić information content (AvgIpc) is 3.22. The predicted molar refractivity (Wildman–Crippen MR) is 111 cm³/mol. The van der Waals surface area contributed by atoms with E-state index in [-0.39, 0.29) is 18.2 Å². The number of piperidine rings is 1. The Morgan fingerprint density at radius 3 is 2.36 bits per heavy atom. The van der Waals surface area contributed by atoms with Crippen molar-refractivity contribution >= 4 is 6.03 Å². The molecule has 6 heteroatoms. The molecule has 0 aromatic heterocycles. The Morgan fingerprint density at radius 1 is 1.07 bits per heavy atom. The zero-order chi connectivity index (χ0) is 20.1. The molecule has 2 fully saturated rings. The van der Waals surface area contributed by atoms with Crippen molar-refractivity contribution in [3.8, 4) is 11.5 Å². The molecule has 0 saturated carbocycles. The van der Waals surface area contributed by atoms with Gasteiger partial charge in [-0.1, -0.05) is 6.07 Å². The molecule has 28 heavy (non-hydrogen) atoms. The van der Waals surface area contributed by atoms with E-state index in [0.717, 1.165) is 37.2 Å². The molecule has 3 rings (SSSR count). The summed E-state index contributed by atoms with van der Waals surface area (Å²) >= 11 is 0. The van der Waals surface area contributed by atoms with Crippen LogP contribution in [0.1, 0.15) is 58.1 Å². The number of carbonyl (C=O) groups excluding carboxylic acids is 1. The molecule has 2 heterocycles. The van der Waals surface area contributed by atoms with Crippen molar-refractivity contribution in [2.24, 2.45) is 0 Å². The highest BCUT2D eigenvalue weighted by atomic mass is 16.5. The Hall–Kier alpha value is -1.95. The molecular formula is C22H35N3O3. The summed E-state index contributed by atoms with van der Waals surface area (Å²) in [7, 11) is 1.64. The smallest absolute Gasteiger partial charge is 0.317 e. The number of hydrogen-bond acceptors (Lipinski definition) is 4. The first kappa shape index (κ1) is 20.8. The SMILES string of the molecule is COc1cc(C(C)NC(=O)N2CCC(N3CCCC3)CC2)ccc1OC(C)C. The van der Waals surface area contributed by atoms with E-state index in [2.05, 4.69) is 10.2 Å². The molecule has 1 aromatic carbocycles. The predicted octanol–water partition coefficient (Wildman–Crippen LogP) is 3.81. The van der Waals surface area contributed by atoms with Crippen molar-refractivity contribution in [3.05, 3.63) is 23.8 Å². The molecule has 0 radical (unpaired) electrons. The van der Waals surface area contributed by atoms with Crippen LogP contribution in [0.3, 0.4) is 0 Å². The van der Waals surface area contributed by atoms with Crippen molar-refractivity contribution in [1.82, 2.24) is 15.1 Å². The number of nitrogens with zero attached hydrogens (tertiary/aromatic N) is 2. The summed E-state index contributed by atoms with van der Waals surface area (Å²) in [6.07, 6.45) is 4.89. The van der Waals surface area contributed by atoms with Crippen molar-refractivity contribution < 1.29 is 14.3 Å². The lowest BCUT2D eigenvalue weighted by atomic mass is 10.0. The van der Waals surface area contributed by atoms with Gasteiger partial charge < -0.3 is 24.6 Å². The first-order valence-electron chi connectivity index (χ1n) is 10.6. The van der Waals surface area contributed by atoms with Gasteiger partial charge in [0.2, 0.25) is 0 Å². The molecule has 0 bridgehead atoms. The second-order valence-electron chi connectivity index (χ2n) is 8.21. The minimum absolute atomic E-state index is 0.0221. The summed E-state index contributed by atoms with van der Waals surface area (Å²) in [6.45, 7) is 10.1. The summed E-state index contributed by atoms with van der Waals surface area (Å²) < 4.78 is 11.2. The van der Waals surface area contributed by atoms with Crippen LogP contribution in [0.5, 0.6) is 11.5 Å². The number of benzene rings is 1. The molecule has 1 unspecified atom stereocenters. The molecule has 1 N–H and O–H groups in total. The average molecular weight is 390 g/mol. The molecule has 2 aliphatic heterocycles. The monoisotopic (exact) mass is 389 g/mol. The fourth-order valence-electron chi connectivity index (χ4n) is 4.21. The van der Waals surface area contributed by atoms with E-state index < -0.39 is 0 Å². The summed E-state index contributed by atoms with van der Waals surface area (Å²) in [5.74, 6) is 1.42. The maximum absolute atomic E-state index is 12.7. The van der Waals surface area contributed by atoms with Crippen LogP contribution in [0.2, 0.25) is 0 Å². The van der Waals surface area contributed by atoms with Gasteiger partial charge in [0.25, 0.3) is 0 Å². The molecule has 2 amide bonds. The lowest BCUT2D eigenvalue weighted by molar-refractivity contribution is 0.132. The Morgan fingerprint density at radius 2 is 1.75 bits per heavy atom. The maximum atomic E-state index is 12.7. The molecule has 1 atom stereocenters. The number of carbonyl (C=O) groups is 1. The fraction of sp³-hybridized carbons (Fsp3) is 0.682. The second kappa shape index (κ2) is 9.50. The molecule has 0 spiro atoms. The molecule has 2 aliphatic rings. The molecular weight excluding hydrogens is 354 g/mol. The maximum Gasteiger partial charge on any atom is 0.317 e. The highest BCUT2D eigenvalue weighted by Gasteiger charge is 2.28. The van der Waals surface area contributed by atoms with Crippen LogP contribution in [-0.2, 0) is 0 Å². The van der Waals surface area contributed by atoms with Gasteiger partial charge in [-0.15, -0.1) is 0 Å². The normalized spacial score (nSPS) is 19.7. The van der Waals surface area contributed by atoms with Crippen molar-refractivity contribution in [3.63, 3.8) is 0 Å². The third-order valence-electron chi connectivity index (χ3n) is 5.80. The van der Waals surface area contributed by atoms with E-state index in [1.165, 1.54) is 25.9 Å². The molecule has 0 aliphatic carbocycles.